The number of aromatic nitrogens is 1. The molecule has 0 fully saturated rings. The fourth-order valence-electron chi connectivity index (χ4n) is 0.938. The lowest BCUT2D eigenvalue weighted by atomic mass is 10.4. The highest BCUT2D eigenvalue weighted by Gasteiger charge is 1.99. The number of nitrogens with zero attached hydrogens (tertiary/aromatic N) is 1. The first-order chi connectivity index (χ1) is 6.76. The summed E-state index contributed by atoms with van der Waals surface area (Å²) in [6.07, 6.45) is 2.26. The molecule has 0 aromatic carbocycles. The number of hydrogen-bond acceptors (Lipinski definition) is 3. The van der Waals surface area contributed by atoms with Gasteiger partial charge >= 0.3 is 0 Å². The molecular formula is C10H14N2OS. The summed E-state index contributed by atoms with van der Waals surface area (Å²) in [6.45, 7) is 3.91. The summed E-state index contributed by atoms with van der Waals surface area (Å²) in [7, 11) is 0. The molecule has 1 rings (SSSR count). The average Bonchev–Trinajstić information content (AvgIpc) is 2.21. The van der Waals surface area contributed by atoms with Crippen molar-refractivity contribution in [1.82, 2.24) is 4.98 Å². The molecule has 0 aliphatic rings. The molecule has 1 amide bonds. The third kappa shape index (κ3) is 3.38. The summed E-state index contributed by atoms with van der Waals surface area (Å²) in [5.74, 6) is 1.65. The number of anilines is 1. The third-order valence-electron chi connectivity index (χ3n) is 1.64. The van der Waals surface area contributed by atoms with Crippen LogP contribution in [-0.2, 0) is 4.79 Å². The second kappa shape index (κ2) is 5.65. The zero-order chi connectivity index (χ0) is 10.4. The lowest BCUT2D eigenvalue weighted by molar-refractivity contribution is -0.115. The first kappa shape index (κ1) is 11.0. The minimum Gasteiger partial charge on any atom is -0.311 e. The second-order valence-electron chi connectivity index (χ2n) is 2.71. The SMILES string of the molecule is CCSc1ccc(NC(=O)CC)nc1. The minimum atomic E-state index is -0.00612. The van der Waals surface area contributed by atoms with E-state index in [-0.39, 0.29) is 5.91 Å². The van der Waals surface area contributed by atoms with Crippen LogP contribution in [0.5, 0.6) is 0 Å². The molecular weight excluding hydrogens is 196 g/mol. The Bertz CT molecular complexity index is 297. The molecule has 0 saturated heterocycles. The van der Waals surface area contributed by atoms with Gasteiger partial charge in [-0.3, -0.25) is 4.79 Å². The van der Waals surface area contributed by atoms with Crippen LogP contribution in [-0.4, -0.2) is 16.6 Å². The Labute approximate surface area is 88.3 Å². The van der Waals surface area contributed by atoms with E-state index in [4.69, 9.17) is 0 Å². The van der Waals surface area contributed by atoms with Crippen LogP contribution in [0.2, 0.25) is 0 Å². The predicted octanol–water partition coefficient (Wildman–Crippen LogP) is 2.54. The van der Waals surface area contributed by atoms with Crippen LogP contribution >= 0.6 is 11.8 Å². The summed E-state index contributed by atoms with van der Waals surface area (Å²) in [4.78, 5) is 16.3. The maximum atomic E-state index is 11.0. The molecule has 1 aromatic rings. The van der Waals surface area contributed by atoms with Crippen LogP contribution < -0.4 is 5.32 Å². The van der Waals surface area contributed by atoms with Gasteiger partial charge in [0.15, 0.2) is 0 Å². The van der Waals surface area contributed by atoms with Gasteiger partial charge in [0.05, 0.1) is 0 Å². The van der Waals surface area contributed by atoms with Crippen molar-refractivity contribution in [3.8, 4) is 0 Å². The summed E-state index contributed by atoms with van der Waals surface area (Å²) in [6, 6.07) is 3.79. The Kier molecular flexibility index (Phi) is 4.46. The quantitative estimate of drug-likeness (QED) is 0.776. The van der Waals surface area contributed by atoms with E-state index in [1.807, 2.05) is 19.1 Å². The Morgan fingerprint density at radius 1 is 1.50 bits per heavy atom. The summed E-state index contributed by atoms with van der Waals surface area (Å²) in [5, 5.41) is 2.70. The highest BCUT2D eigenvalue weighted by molar-refractivity contribution is 7.99. The van der Waals surface area contributed by atoms with Gasteiger partial charge in [0.1, 0.15) is 5.82 Å². The second-order valence-corrected chi connectivity index (χ2v) is 4.05. The van der Waals surface area contributed by atoms with Crippen molar-refractivity contribution in [2.45, 2.75) is 25.2 Å². The lowest BCUT2D eigenvalue weighted by Crippen LogP contribution is -2.10. The summed E-state index contributed by atoms with van der Waals surface area (Å²) in [5.41, 5.74) is 0. The van der Waals surface area contributed by atoms with E-state index in [2.05, 4.69) is 17.2 Å². The Morgan fingerprint density at radius 2 is 2.29 bits per heavy atom. The van der Waals surface area contributed by atoms with Gasteiger partial charge < -0.3 is 5.32 Å². The number of hydrogen-bond donors (Lipinski definition) is 1. The van der Waals surface area contributed by atoms with Gasteiger partial charge in [-0.2, -0.15) is 0 Å². The van der Waals surface area contributed by atoms with Crippen LogP contribution in [0.3, 0.4) is 0 Å². The zero-order valence-electron chi connectivity index (χ0n) is 8.41. The van der Waals surface area contributed by atoms with Gasteiger partial charge in [0.2, 0.25) is 5.91 Å². The maximum absolute atomic E-state index is 11.0. The van der Waals surface area contributed by atoms with Gasteiger partial charge in [-0.15, -0.1) is 11.8 Å². The molecule has 0 aliphatic carbocycles. The van der Waals surface area contributed by atoms with E-state index < -0.39 is 0 Å². The van der Waals surface area contributed by atoms with E-state index in [9.17, 15) is 4.79 Å². The molecule has 0 atom stereocenters. The third-order valence-corrected chi connectivity index (χ3v) is 2.50. The fraction of sp³-hybridized carbons (Fsp3) is 0.400. The van der Waals surface area contributed by atoms with Crippen molar-refractivity contribution in [1.29, 1.82) is 0 Å². The van der Waals surface area contributed by atoms with E-state index >= 15 is 0 Å². The molecule has 0 bridgehead atoms. The van der Waals surface area contributed by atoms with Gasteiger partial charge in [-0.25, -0.2) is 4.98 Å². The molecule has 3 nitrogen and oxygen atoms in total. The predicted molar refractivity (Wildman–Crippen MR) is 59.6 cm³/mol. The first-order valence-corrected chi connectivity index (χ1v) is 5.63. The van der Waals surface area contributed by atoms with Crippen molar-refractivity contribution < 1.29 is 4.79 Å². The monoisotopic (exact) mass is 210 g/mol. The molecule has 0 saturated carbocycles. The van der Waals surface area contributed by atoms with E-state index in [1.54, 1.807) is 18.0 Å². The summed E-state index contributed by atoms with van der Waals surface area (Å²) >= 11 is 1.73. The van der Waals surface area contributed by atoms with E-state index in [0.717, 1.165) is 10.6 Å². The van der Waals surface area contributed by atoms with E-state index in [0.29, 0.717) is 12.2 Å². The molecule has 1 heterocycles. The molecule has 0 spiro atoms. The van der Waals surface area contributed by atoms with Gasteiger partial charge in [0.25, 0.3) is 0 Å². The fourth-order valence-corrected chi connectivity index (χ4v) is 1.56. The van der Waals surface area contributed by atoms with Crippen molar-refractivity contribution in [3.05, 3.63) is 18.3 Å². The smallest absolute Gasteiger partial charge is 0.225 e. The molecule has 0 unspecified atom stereocenters. The Hall–Kier alpha value is -1.03. The van der Waals surface area contributed by atoms with Crippen molar-refractivity contribution >= 4 is 23.5 Å². The van der Waals surface area contributed by atoms with Crippen LogP contribution in [0.25, 0.3) is 0 Å². The van der Waals surface area contributed by atoms with Gasteiger partial charge in [-0.1, -0.05) is 13.8 Å². The summed E-state index contributed by atoms with van der Waals surface area (Å²) < 4.78 is 0. The number of amides is 1. The Morgan fingerprint density at radius 3 is 2.79 bits per heavy atom. The molecule has 76 valence electrons. The number of nitrogens with one attached hydrogen (secondary N) is 1. The van der Waals surface area contributed by atoms with Gasteiger partial charge in [0, 0.05) is 17.5 Å². The number of carbonyl (C=O) groups excluding carboxylic acids is 1. The number of pyridine rings is 1. The van der Waals surface area contributed by atoms with Crippen molar-refractivity contribution in [3.63, 3.8) is 0 Å². The number of rotatable bonds is 4. The number of carbonyl (C=O) groups is 1. The van der Waals surface area contributed by atoms with Crippen molar-refractivity contribution in [2.24, 2.45) is 0 Å². The molecule has 1 N–H and O–H groups in total. The molecule has 0 radical (unpaired) electrons. The highest BCUT2D eigenvalue weighted by atomic mass is 32.2. The normalized spacial score (nSPS) is 9.86. The van der Waals surface area contributed by atoms with E-state index in [1.165, 1.54) is 0 Å². The van der Waals surface area contributed by atoms with Gasteiger partial charge in [-0.05, 0) is 17.9 Å². The van der Waals surface area contributed by atoms with Crippen LogP contribution in [0.4, 0.5) is 5.82 Å². The highest BCUT2D eigenvalue weighted by Crippen LogP contribution is 2.17. The Balaban J connectivity index is 2.59. The molecule has 1 aromatic heterocycles. The average molecular weight is 210 g/mol. The maximum Gasteiger partial charge on any atom is 0.225 e. The zero-order valence-corrected chi connectivity index (χ0v) is 9.23. The lowest BCUT2D eigenvalue weighted by Gasteiger charge is -2.03. The molecule has 14 heavy (non-hydrogen) atoms. The van der Waals surface area contributed by atoms with Crippen LogP contribution in [0.15, 0.2) is 23.2 Å². The molecule has 4 heteroatoms. The van der Waals surface area contributed by atoms with Crippen LogP contribution in [0.1, 0.15) is 20.3 Å². The number of thioether (sulfide) groups is 1. The largest absolute Gasteiger partial charge is 0.311 e. The minimum absolute atomic E-state index is 0.00612. The molecule has 0 aliphatic heterocycles. The standard InChI is InChI=1S/C10H14N2OS/c1-3-10(13)12-9-6-5-8(7-11-9)14-4-2/h5-7H,3-4H2,1-2H3,(H,11,12,13). The van der Waals surface area contributed by atoms with Crippen LogP contribution in [0, 0.1) is 0 Å². The van der Waals surface area contributed by atoms with Crippen molar-refractivity contribution in [2.75, 3.05) is 11.1 Å². The first-order valence-electron chi connectivity index (χ1n) is 4.65. The topological polar surface area (TPSA) is 42.0 Å².